The highest BCUT2D eigenvalue weighted by atomic mass is 19.1. The molecule has 27 heavy (non-hydrogen) atoms. The van der Waals surface area contributed by atoms with Gasteiger partial charge in [0, 0.05) is 37.9 Å². The van der Waals surface area contributed by atoms with Crippen molar-refractivity contribution in [2.45, 2.75) is 38.6 Å². The molecule has 0 bridgehead atoms. The molecule has 0 unspecified atom stereocenters. The number of rotatable bonds is 4. The van der Waals surface area contributed by atoms with Crippen molar-refractivity contribution < 1.29 is 18.7 Å². The topological polar surface area (TPSA) is 73.9 Å². The van der Waals surface area contributed by atoms with E-state index in [1.165, 1.54) is 6.07 Å². The number of carbonyl (C=O) groups is 2. The van der Waals surface area contributed by atoms with Crippen molar-refractivity contribution >= 4 is 23.5 Å². The maximum absolute atomic E-state index is 14.3. The summed E-state index contributed by atoms with van der Waals surface area (Å²) >= 11 is 0. The molecule has 1 aromatic carbocycles. The summed E-state index contributed by atoms with van der Waals surface area (Å²) in [5.41, 5.74) is 1.02. The highest BCUT2D eigenvalue weighted by Crippen LogP contribution is 2.26. The van der Waals surface area contributed by atoms with Crippen LogP contribution in [0.5, 0.6) is 0 Å². The van der Waals surface area contributed by atoms with E-state index in [1.54, 1.807) is 24.0 Å². The largest absolute Gasteiger partial charge is 0.450 e. The Morgan fingerprint density at radius 1 is 1.19 bits per heavy atom. The van der Waals surface area contributed by atoms with Crippen LogP contribution in [-0.4, -0.2) is 55.9 Å². The summed E-state index contributed by atoms with van der Waals surface area (Å²) in [6.07, 6.45) is 3.17. The van der Waals surface area contributed by atoms with Gasteiger partial charge in [0.05, 0.1) is 12.3 Å². The van der Waals surface area contributed by atoms with Crippen LogP contribution in [0.1, 0.15) is 32.6 Å². The van der Waals surface area contributed by atoms with Gasteiger partial charge in [-0.05, 0) is 50.8 Å². The first-order chi connectivity index (χ1) is 13.1. The molecule has 3 amide bonds. The lowest BCUT2D eigenvalue weighted by Crippen LogP contribution is -2.47. The standard InChI is InChI=1S/C19H27FN4O3/c1-2-27-19(26)24-11-7-14(8-12-24)21-18(25)22-15-5-6-17(16(20)13-15)23-9-3-4-10-23/h5-6,13-14H,2-4,7-12H2,1H3,(H2,21,22,25). The fourth-order valence-corrected chi connectivity index (χ4v) is 3.57. The highest BCUT2D eigenvalue weighted by Gasteiger charge is 2.24. The van der Waals surface area contributed by atoms with Gasteiger partial charge in [-0.15, -0.1) is 0 Å². The van der Waals surface area contributed by atoms with Gasteiger partial charge < -0.3 is 25.2 Å². The number of piperidine rings is 1. The van der Waals surface area contributed by atoms with E-state index < -0.39 is 0 Å². The zero-order valence-electron chi connectivity index (χ0n) is 15.7. The first-order valence-electron chi connectivity index (χ1n) is 9.60. The molecule has 0 spiro atoms. The molecule has 2 fully saturated rings. The van der Waals surface area contributed by atoms with E-state index in [0.717, 1.165) is 25.9 Å². The Balaban J connectivity index is 1.47. The molecule has 2 heterocycles. The maximum atomic E-state index is 14.3. The normalized spacial score (nSPS) is 17.7. The second kappa shape index (κ2) is 8.92. The summed E-state index contributed by atoms with van der Waals surface area (Å²) in [6.45, 7) is 4.96. The molecule has 0 aromatic heterocycles. The van der Waals surface area contributed by atoms with Gasteiger partial charge in [-0.25, -0.2) is 14.0 Å². The molecule has 0 radical (unpaired) electrons. The van der Waals surface area contributed by atoms with Gasteiger partial charge in [-0.3, -0.25) is 0 Å². The van der Waals surface area contributed by atoms with Gasteiger partial charge in [0.1, 0.15) is 5.82 Å². The zero-order chi connectivity index (χ0) is 19.2. The number of hydrogen-bond donors (Lipinski definition) is 2. The Labute approximate surface area is 158 Å². The average Bonchev–Trinajstić information content (AvgIpc) is 3.17. The molecule has 0 saturated carbocycles. The SMILES string of the molecule is CCOC(=O)N1CCC(NC(=O)Nc2ccc(N3CCCC3)c(F)c2)CC1. The van der Waals surface area contributed by atoms with Gasteiger partial charge in [-0.1, -0.05) is 0 Å². The average molecular weight is 378 g/mol. The molecule has 0 atom stereocenters. The van der Waals surface area contributed by atoms with Gasteiger partial charge in [0.15, 0.2) is 0 Å². The maximum Gasteiger partial charge on any atom is 0.409 e. The fraction of sp³-hybridized carbons (Fsp3) is 0.579. The van der Waals surface area contributed by atoms with Crippen LogP contribution in [0, 0.1) is 5.82 Å². The third-order valence-corrected chi connectivity index (χ3v) is 5.01. The third-order valence-electron chi connectivity index (χ3n) is 5.01. The Hall–Kier alpha value is -2.51. The van der Waals surface area contributed by atoms with Gasteiger partial charge in [-0.2, -0.15) is 0 Å². The quantitative estimate of drug-likeness (QED) is 0.844. The number of ether oxygens (including phenoxy) is 1. The number of urea groups is 1. The minimum Gasteiger partial charge on any atom is -0.450 e. The van der Waals surface area contributed by atoms with Crippen molar-refractivity contribution in [2.24, 2.45) is 0 Å². The number of benzene rings is 1. The van der Waals surface area contributed by atoms with Crippen LogP contribution in [0.25, 0.3) is 0 Å². The lowest BCUT2D eigenvalue weighted by molar-refractivity contribution is 0.0959. The Kier molecular flexibility index (Phi) is 6.36. The molecular formula is C19H27FN4O3. The monoisotopic (exact) mass is 378 g/mol. The molecule has 2 aliphatic heterocycles. The summed E-state index contributed by atoms with van der Waals surface area (Å²) in [7, 11) is 0. The molecule has 3 rings (SSSR count). The van der Waals surface area contributed by atoms with E-state index in [9.17, 15) is 14.0 Å². The van der Waals surface area contributed by atoms with Crippen LogP contribution in [0.15, 0.2) is 18.2 Å². The smallest absolute Gasteiger partial charge is 0.409 e. The van der Waals surface area contributed by atoms with Crippen molar-refractivity contribution in [3.8, 4) is 0 Å². The Bertz CT molecular complexity index is 671. The van der Waals surface area contributed by atoms with Crippen LogP contribution < -0.4 is 15.5 Å². The van der Waals surface area contributed by atoms with Crippen molar-refractivity contribution in [3.05, 3.63) is 24.0 Å². The van der Waals surface area contributed by atoms with Crippen molar-refractivity contribution in [2.75, 3.05) is 43.0 Å². The minimum absolute atomic E-state index is 0.0237. The van der Waals surface area contributed by atoms with Crippen molar-refractivity contribution in [3.63, 3.8) is 0 Å². The Morgan fingerprint density at radius 2 is 1.89 bits per heavy atom. The first kappa shape index (κ1) is 19.3. The molecule has 148 valence electrons. The molecular weight excluding hydrogens is 351 g/mol. The molecule has 1 aromatic rings. The van der Waals surface area contributed by atoms with Crippen LogP contribution in [0.2, 0.25) is 0 Å². The van der Waals surface area contributed by atoms with E-state index in [2.05, 4.69) is 10.6 Å². The third kappa shape index (κ3) is 5.02. The van der Waals surface area contributed by atoms with Gasteiger partial charge >= 0.3 is 12.1 Å². The van der Waals surface area contributed by atoms with E-state index in [1.807, 2.05) is 4.90 Å². The summed E-state index contributed by atoms with van der Waals surface area (Å²) in [5, 5.41) is 5.57. The van der Waals surface area contributed by atoms with E-state index in [0.29, 0.717) is 43.9 Å². The lowest BCUT2D eigenvalue weighted by Gasteiger charge is -2.31. The number of halogens is 1. The first-order valence-corrected chi connectivity index (χ1v) is 9.60. The molecule has 7 nitrogen and oxygen atoms in total. The van der Waals surface area contributed by atoms with Crippen LogP contribution in [0.4, 0.5) is 25.4 Å². The zero-order valence-corrected chi connectivity index (χ0v) is 15.7. The van der Waals surface area contributed by atoms with Crippen molar-refractivity contribution in [1.29, 1.82) is 0 Å². The van der Waals surface area contributed by atoms with Gasteiger partial charge in [0.25, 0.3) is 0 Å². The van der Waals surface area contributed by atoms with Crippen LogP contribution in [0.3, 0.4) is 0 Å². The van der Waals surface area contributed by atoms with Crippen LogP contribution >= 0.6 is 0 Å². The molecule has 2 N–H and O–H groups in total. The Morgan fingerprint density at radius 3 is 2.52 bits per heavy atom. The lowest BCUT2D eigenvalue weighted by atomic mass is 10.1. The van der Waals surface area contributed by atoms with Gasteiger partial charge in [0.2, 0.25) is 0 Å². The predicted octanol–water partition coefficient (Wildman–Crippen LogP) is 3.17. The number of hydrogen-bond acceptors (Lipinski definition) is 4. The van der Waals surface area contributed by atoms with Crippen LogP contribution in [-0.2, 0) is 4.74 Å². The van der Waals surface area contributed by atoms with E-state index in [4.69, 9.17) is 4.74 Å². The summed E-state index contributed by atoms with van der Waals surface area (Å²) in [4.78, 5) is 27.5. The second-order valence-electron chi connectivity index (χ2n) is 6.92. The molecule has 8 heteroatoms. The molecule has 0 aliphatic carbocycles. The number of carbonyl (C=O) groups excluding carboxylic acids is 2. The van der Waals surface area contributed by atoms with E-state index in [-0.39, 0.29) is 24.0 Å². The summed E-state index contributed by atoms with van der Waals surface area (Å²) < 4.78 is 19.3. The highest BCUT2D eigenvalue weighted by molar-refractivity contribution is 5.89. The summed E-state index contributed by atoms with van der Waals surface area (Å²) in [5.74, 6) is -0.322. The fourth-order valence-electron chi connectivity index (χ4n) is 3.57. The summed E-state index contributed by atoms with van der Waals surface area (Å²) in [6, 6.07) is 4.41. The molecule has 2 saturated heterocycles. The second-order valence-corrected chi connectivity index (χ2v) is 6.92. The molecule has 2 aliphatic rings. The number of likely N-dealkylation sites (tertiary alicyclic amines) is 1. The number of anilines is 2. The number of nitrogens with one attached hydrogen (secondary N) is 2. The number of nitrogens with zero attached hydrogens (tertiary/aromatic N) is 2. The number of amides is 3. The minimum atomic E-state index is -0.363. The predicted molar refractivity (Wildman–Crippen MR) is 102 cm³/mol. The van der Waals surface area contributed by atoms with Crippen molar-refractivity contribution in [1.82, 2.24) is 10.2 Å². The van der Waals surface area contributed by atoms with E-state index >= 15 is 0 Å².